The maximum atomic E-state index is 13.2. The Bertz CT molecular complexity index is 1160. The molecule has 0 spiro atoms. The van der Waals surface area contributed by atoms with E-state index in [-0.39, 0.29) is 17.4 Å². The van der Waals surface area contributed by atoms with Crippen molar-refractivity contribution in [3.05, 3.63) is 70.4 Å². The molecular weight excluding hydrogens is 379 g/mol. The van der Waals surface area contributed by atoms with Gasteiger partial charge in [0.1, 0.15) is 11.6 Å². The van der Waals surface area contributed by atoms with Crippen LogP contribution in [0.5, 0.6) is 0 Å². The molecule has 142 valence electrons. The van der Waals surface area contributed by atoms with Crippen LogP contribution in [0.3, 0.4) is 0 Å². The number of thiazole rings is 1. The Labute approximate surface area is 164 Å². The van der Waals surface area contributed by atoms with E-state index in [0.29, 0.717) is 10.9 Å². The van der Waals surface area contributed by atoms with Gasteiger partial charge in [-0.2, -0.15) is 0 Å². The van der Waals surface area contributed by atoms with Gasteiger partial charge in [-0.25, -0.2) is 9.37 Å². The molecule has 6 nitrogen and oxygen atoms in total. The second kappa shape index (κ2) is 7.05. The third-order valence-corrected chi connectivity index (χ3v) is 5.13. The van der Waals surface area contributed by atoms with Crippen LogP contribution in [0.2, 0.25) is 0 Å². The highest BCUT2D eigenvalue weighted by Gasteiger charge is 2.17. The molecule has 0 bridgehead atoms. The van der Waals surface area contributed by atoms with E-state index in [0.717, 1.165) is 28.3 Å². The van der Waals surface area contributed by atoms with E-state index in [2.05, 4.69) is 15.5 Å². The monoisotopic (exact) mass is 396 g/mol. The van der Waals surface area contributed by atoms with Gasteiger partial charge in [0.2, 0.25) is 0 Å². The van der Waals surface area contributed by atoms with Crippen molar-refractivity contribution in [3.8, 4) is 16.9 Å². The fraction of sp³-hybridized carbons (Fsp3) is 0.150. The van der Waals surface area contributed by atoms with Crippen LogP contribution in [0.15, 0.2) is 46.3 Å². The van der Waals surface area contributed by atoms with Gasteiger partial charge >= 0.3 is 0 Å². The van der Waals surface area contributed by atoms with Crippen molar-refractivity contribution >= 4 is 22.4 Å². The minimum Gasteiger partial charge on any atom is -0.361 e. The standard InChI is InChI=1S/C20H17FN4O2S/c1-11-8-16(13(3)25(11)15-6-4-14(21)5-7-15)18-10-28-20(22-18)23-19(26)17-9-12(2)27-24-17/h4-10H,1-3H3,(H,22,23,26). The Morgan fingerprint density at radius 1 is 1.18 bits per heavy atom. The number of nitrogens with one attached hydrogen (secondary N) is 1. The van der Waals surface area contributed by atoms with E-state index in [1.54, 1.807) is 25.1 Å². The summed E-state index contributed by atoms with van der Waals surface area (Å²) in [6, 6.07) is 9.96. The van der Waals surface area contributed by atoms with Crippen LogP contribution >= 0.6 is 11.3 Å². The normalized spacial score (nSPS) is 11.0. The zero-order valence-corrected chi connectivity index (χ0v) is 16.3. The Balaban J connectivity index is 1.61. The fourth-order valence-electron chi connectivity index (χ4n) is 3.10. The highest BCUT2D eigenvalue weighted by Crippen LogP contribution is 2.31. The van der Waals surface area contributed by atoms with Crippen molar-refractivity contribution in [3.63, 3.8) is 0 Å². The van der Waals surface area contributed by atoms with Crippen molar-refractivity contribution in [2.45, 2.75) is 20.8 Å². The van der Waals surface area contributed by atoms with Gasteiger partial charge in [-0.1, -0.05) is 5.16 Å². The van der Waals surface area contributed by atoms with Crippen molar-refractivity contribution in [2.75, 3.05) is 5.32 Å². The summed E-state index contributed by atoms with van der Waals surface area (Å²) in [7, 11) is 0. The number of carbonyl (C=O) groups is 1. The summed E-state index contributed by atoms with van der Waals surface area (Å²) >= 11 is 1.34. The Morgan fingerprint density at radius 2 is 1.93 bits per heavy atom. The SMILES string of the molecule is Cc1cc(C(=O)Nc2nc(-c3cc(C)n(-c4ccc(F)cc4)c3C)cs2)no1. The van der Waals surface area contributed by atoms with Gasteiger partial charge in [0.25, 0.3) is 5.91 Å². The molecule has 1 N–H and O–H groups in total. The smallest absolute Gasteiger partial charge is 0.279 e. The lowest BCUT2D eigenvalue weighted by Crippen LogP contribution is -2.11. The molecule has 0 aliphatic rings. The predicted molar refractivity (Wildman–Crippen MR) is 106 cm³/mol. The van der Waals surface area contributed by atoms with Crippen LogP contribution in [0.4, 0.5) is 9.52 Å². The Morgan fingerprint density at radius 3 is 2.61 bits per heavy atom. The van der Waals surface area contributed by atoms with Gasteiger partial charge in [0.15, 0.2) is 10.8 Å². The number of aryl methyl sites for hydroxylation is 2. The molecule has 3 heterocycles. The summed E-state index contributed by atoms with van der Waals surface area (Å²) in [5.41, 5.74) is 4.81. The number of hydrogen-bond donors (Lipinski definition) is 1. The molecule has 3 aromatic heterocycles. The third kappa shape index (κ3) is 3.34. The maximum Gasteiger partial charge on any atom is 0.279 e. The fourth-order valence-corrected chi connectivity index (χ4v) is 3.80. The highest BCUT2D eigenvalue weighted by atomic mass is 32.1. The number of aromatic nitrogens is 3. The largest absolute Gasteiger partial charge is 0.361 e. The second-order valence-corrected chi connectivity index (χ2v) is 7.27. The van der Waals surface area contributed by atoms with E-state index in [4.69, 9.17) is 4.52 Å². The minimum absolute atomic E-state index is 0.212. The summed E-state index contributed by atoms with van der Waals surface area (Å²) in [6.07, 6.45) is 0. The van der Waals surface area contributed by atoms with Crippen LogP contribution in [0, 0.1) is 26.6 Å². The van der Waals surface area contributed by atoms with Gasteiger partial charge in [-0.3, -0.25) is 10.1 Å². The number of benzene rings is 1. The second-order valence-electron chi connectivity index (χ2n) is 6.41. The molecule has 1 aromatic carbocycles. The average Bonchev–Trinajstić information content (AvgIpc) is 3.36. The number of rotatable bonds is 4. The molecule has 0 atom stereocenters. The maximum absolute atomic E-state index is 13.2. The Kier molecular flexibility index (Phi) is 4.56. The number of carbonyl (C=O) groups excluding carboxylic acids is 1. The molecule has 0 aliphatic carbocycles. The van der Waals surface area contributed by atoms with E-state index in [9.17, 15) is 9.18 Å². The number of amides is 1. The first-order chi connectivity index (χ1) is 13.4. The molecule has 0 radical (unpaired) electrons. The summed E-state index contributed by atoms with van der Waals surface area (Å²) in [4.78, 5) is 16.7. The van der Waals surface area contributed by atoms with Crippen LogP contribution < -0.4 is 5.32 Å². The molecular formula is C20H17FN4O2S. The van der Waals surface area contributed by atoms with Crippen LogP contribution in [0.1, 0.15) is 27.6 Å². The van der Waals surface area contributed by atoms with Gasteiger partial charge in [0.05, 0.1) is 5.69 Å². The molecule has 0 saturated carbocycles. The topological polar surface area (TPSA) is 73.0 Å². The molecule has 0 aliphatic heterocycles. The minimum atomic E-state index is -0.366. The lowest BCUT2D eigenvalue weighted by Gasteiger charge is -2.09. The quantitative estimate of drug-likeness (QED) is 0.532. The molecule has 28 heavy (non-hydrogen) atoms. The zero-order valence-electron chi connectivity index (χ0n) is 15.5. The van der Waals surface area contributed by atoms with E-state index in [1.165, 1.54) is 23.5 Å². The lowest BCUT2D eigenvalue weighted by molar-refractivity contribution is 0.101. The first-order valence-corrected chi connectivity index (χ1v) is 9.46. The summed E-state index contributed by atoms with van der Waals surface area (Å²) < 4.78 is 20.2. The number of halogens is 1. The molecule has 1 amide bonds. The first kappa shape index (κ1) is 18.1. The summed E-state index contributed by atoms with van der Waals surface area (Å²) in [6.45, 7) is 5.70. The number of anilines is 1. The van der Waals surface area contributed by atoms with E-state index < -0.39 is 0 Å². The Hall–Kier alpha value is -3.26. The lowest BCUT2D eigenvalue weighted by atomic mass is 10.2. The van der Waals surface area contributed by atoms with Crippen LogP contribution in [0.25, 0.3) is 16.9 Å². The number of nitrogens with zero attached hydrogens (tertiary/aromatic N) is 3. The van der Waals surface area contributed by atoms with Crippen molar-refractivity contribution in [2.24, 2.45) is 0 Å². The van der Waals surface area contributed by atoms with Crippen LogP contribution in [-0.4, -0.2) is 20.6 Å². The van der Waals surface area contributed by atoms with Crippen LogP contribution in [-0.2, 0) is 0 Å². The van der Waals surface area contributed by atoms with Crippen molar-refractivity contribution < 1.29 is 13.7 Å². The summed E-state index contributed by atoms with van der Waals surface area (Å²) in [5.74, 6) is -0.0682. The average molecular weight is 396 g/mol. The molecule has 0 fully saturated rings. The van der Waals surface area contributed by atoms with Crippen molar-refractivity contribution in [1.82, 2.24) is 14.7 Å². The molecule has 4 rings (SSSR count). The molecule has 0 unspecified atom stereocenters. The van der Waals surface area contributed by atoms with Gasteiger partial charge < -0.3 is 9.09 Å². The highest BCUT2D eigenvalue weighted by molar-refractivity contribution is 7.14. The predicted octanol–water partition coefficient (Wildman–Crippen LogP) is 4.91. The summed E-state index contributed by atoms with van der Waals surface area (Å²) in [5, 5.41) is 8.81. The van der Waals surface area contributed by atoms with Crippen molar-refractivity contribution in [1.29, 1.82) is 0 Å². The third-order valence-electron chi connectivity index (χ3n) is 4.38. The van der Waals surface area contributed by atoms with Gasteiger partial charge in [-0.15, -0.1) is 11.3 Å². The molecule has 4 aromatic rings. The number of hydrogen-bond acceptors (Lipinski definition) is 5. The first-order valence-electron chi connectivity index (χ1n) is 8.58. The van der Waals surface area contributed by atoms with E-state index in [1.807, 2.05) is 29.9 Å². The van der Waals surface area contributed by atoms with Gasteiger partial charge in [-0.05, 0) is 51.1 Å². The van der Waals surface area contributed by atoms with Gasteiger partial charge in [0, 0.05) is 34.1 Å². The zero-order chi connectivity index (χ0) is 19.8. The molecule has 0 saturated heterocycles. The van der Waals surface area contributed by atoms with E-state index >= 15 is 0 Å². The molecule has 8 heteroatoms.